The summed E-state index contributed by atoms with van der Waals surface area (Å²) in [5.41, 5.74) is 3.93. The monoisotopic (exact) mass is 526 g/mol. The van der Waals surface area contributed by atoms with Crippen molar-refractivity contribution in [3.63, 3.8) is 0 Å². The Hall–Kier alpha value is -4.31. The summed E-state index contributed by atoms with van der Waals surface area (Å²) in [6, 6.07) is 13.4. The smallest absolute Gasteiger partial charge is 0.270 e. The molecule has 2 amide bonds. The molecular formula is C29H30N6O4. The third-order valence-corrected chi connectivity index (χ3v) is 7.30. The molecule has 6 rings (SSSR count). The second kappa shape index (κ2) is 10.8. The number of fused-ring (bicyclic) bond motifs is 1. The number of methoxy groups -OCH3 is 1. The lowest BCUT2D eigenvalue weighted by atomic mass is 10.1. The number of hydrogen-bond donors (Lipinski definition) is 1. The van der Waals surface area contributed by atoms with Crippen LogP contribution in [0.15, 0.2) is 54.9 Å². The molecule has 3 aromatic heterocycles. The summed E-state index contributed by atoms with van der Waals surface area (Å²) in [4.78, 5) is 46.3. The first kappa shape index (κ1) is 25.0. The highest BCUT2D eigenvalue weighted by atomic mass is 16.5. The fraction of sp³-hybridized carbons (Fsp3) is 0.345. The molecule has 0 aliphatic carbocycles. The average molecular weight is 527 g/mol. The van der Waals surface area contributed by atoms with Crippen LogP contribution in [0, 0.1) is 0 Å². The van der Waals surface area contributed by atoms with Crippen LogP contribution in [0.4, 0.5) is 0 Å². The maximum absolute atomic E-state index is 13.2. The number of ether oxygens (including phenoxy) is 2. The van der Waals surface area contributed by atoms with E-state index in [2.05, 4.69) is 21.0 Å². The number of carbonyl (C=O) groups is 2. The van der Waals surface area contributed by atoms with Crippen molar-refractivity contribution in [3.8, 4) is 17.1 Å². The van der Waals surface area contributed by atoms with Crippen LogP contribution in [-0.2, 0) is 16.0 Å². The third kappa shape index (κ3) is 5.33. The Morgan fingerprint density at radius 3 is 2.62 bits per heavy atom. The van der Waals surface area contributed by atoms with E-state index >= 15 is 0 Å². The Labute approximate surface area is 226 Å². The van der Waals surface area contributed by atoms with Crippen LogP contribution in [0.3, 0.4) is 0 Å². The van der Waals surface area contributed by atoms with Crippen molar-refractivity contribution in [2.24, 2.45) is 0 Å². The molecule has 2 fully saturated rings. The van der Waals surface area contributed by atoms with E-state index in [1.165, 1.54) is 0 Å². The van der Waals surface area contributed by atoms with Crippen LogP contribution < -0.4 is 4.74 Å². The van der Waals surface area contributed by atoms with E-state index < -0.39 is 0 Å². The number of nitrogens with zero attached hydrogens (tertiary/aromatic N) is 5. The molecule has 39 heavy (non-hydrogen) atoms. The molecule has 1 N–H and O–H groups in total. The number of pyridine rings is 1. The molecule has 4 aromatic rings. The van der Waals surface area contributed by atoms with E-state index in [1.54, 1.807) is 30.5 Å². The van der Waals surface area contributed by atoms with Crippen molar-refractivity contribution < 1.29 is 19.1 Å². The van der Waals surface area contributed by atoms with Crippen LogP contribution in [0.1, 0.15) is 34.7 Å². The number of piperazine rings is 1. The van der Waals surface area contributed by atoms with Crippen molar-refractivity contribution in [1.82, 2.24) is 29.7 Å². The Morgan fingerprint density at radius 2 is 1.82 bits per heavy atom. The maximum atomic E-state index is 13.2. The van der Waals surface area contributed by atoms with E-state index in [1.807, 2.05) is 35.2 Å². The van der Waals surface area contributed by atoms with Crippen molar-refractivity contribution >= 4 is 22.7 Å². The van der Waals surface area contributed by atoms with Gasteiger partial charge in [0.25, 0.3) is 11.8 Å². The Bertz CT molecular complexity index is 1500. The number of hydrogen-bond acceptors (Lipinski definition) is 7. The van der Waals surface area contributed by atoms with Crippen molar-refractivity contribution in [1.29, 1.82) is 0 Å². The fourth-order valence-electron chi connectivity index (χ4n) is 5.17. The van der Waals surface area contributed by atoms with Gasteiger partial charge in [0.15, 0.2) is 0 Å². The van der Waals surface area contributed by atoms with Crippen molar-refractivity contribution in [3.05, 3.63) is 71.9 Å². The first-order valence-electron chi connectivity index (χ1n) is 13.2. The van der Waals surface area contributed by atoms with Crippen LogP contribution in [0.25, 0.3) is 22.3 Å². The minimum Gasteiger partial charge on any atom is -0.497 e. The number of nitrogens with one attached hydrogen (secondary N) is 1. The molecule has 0 bridgehead atoms. The summed E-state index contributed by atoms with van der Waals surface area (Å²) in [6.45, 7) is 2.72. The van der Waals surface area contributed by atoms with E-state index in [-0.39, 0.29) is 17.9 Å². The van der Waals surface area contributed by atoms with Crippen LogP contribution in [-0.4, -0.2) is 87.5 Å². The van der Waals surface area contributed by atoms with Crippen molar-refractivity contribution in [2.75, 3.05) is 39.9 Å². The van der Waals surface area contributed by atoms with E-state index in [0.717, 1.165) is 46.4 Å². The lowest BCUT2D eigenvalue weighted by Crippen LogP contribution is -2.52. The predicted octanol–water partition coefficient (Wildman–Crippen LogP) is 3.08. The number of aromatic nitrogens is 4. The normalized spacial score (nSPS) is 17.5. The molecule has 0 saturated carbocycles. The zero-order chi connectivity index (χ0) is 26.8. The van der Waals surface area contributed by atoms with Gasteiger partial charge in [-0.1, -0.05) is 6.07 Å². The molecule has 5 heterocycles. The molecule has 2 saturated heterocycles. The van der Waals surface area contributed by atoms with Gasteiger partial charge in [-0.05, 0) is 48.7 Å². The number of benzene rings is 1. The highest BCUT2D eigenvalue weighted by molar-refractivity contribution is 5.98. The predicted molar refractivity (Wildman–Crippen MR) is 144 cm³/mol. The van der Waals surface area contributed by atoms with Gasteiger partial charge >= 0.3 is 0 Å². The molecule has 10 nitrogen and oxygen atoms in total. The lowest BCUT2D eigenvalue weighted by Gasteiger charge is -2.35. The zero-order valence-corrected chi connectivity index (χ0v) is 21.8. The third-order valence-electron chi connectivity index (χ3n) is 7.30. The first-order chi connectivity index (χ1) is 19.1. The molecule has 2 aliphatic rings. The Morgan fingerprint density at radius 1 is 1.00 bits per heavy atom. The first-order valence-corrected chi connectivity index (χ1v) is 13.2. The summed E-state index contributed by atoms with van der Waals surface area (Å²) in [6.07, 6.45) is 5.37. The molecule has 1 atom stereocenters. The van der Waals surface area contributed by atoms with Gasteiger partial charge in [-0.15, -0.1) is 0 Å². The van der Waals surface area contributed by atoms with Gasteiger partial charge in [-0.3, -0.25) is 14.6 Å². The molecular weight excluding hydrogens is 496 g/mol. The Balaban J connectivity index is 1.12. The zero-order valence-electron chi connectivity index (χ0n) is 21.8. The molecule has 2 aliphatic heterocycles. The molecule has 200 valence electrons. The number of carbonyl (C=O) groups excluding carboxylic acids is 2. The highest BCUT2D eigenvalue weighted by Crippen LogP contribution is 2.23. The summed E-state index contributed by atoms with van der Waals surface area (Å²) in [5, 5.41) is 0.952. The summed E-state index contributed by atoms with van der Waals surface area (Å²) in [7, 11) is 1.62. The van der Waals surface area contributed by atoms with Gasteiger partial charge in [0, 0.05) is 68.6 Å². The van der Waals surface area contributed by atoms with Crippen molar-refractivity contribution in [2.45, 2.75) is 25.4 Å². The second-order valence-electron chi connectivity index (χ2n) is 9.84. The van der Waals surface area contributed by atoms with Gasteiger partial charge in [-0.2, -0.15) is 0 Å². The topological polar surface area (TPSA) is 114 Å². The van der Waals surface area contributed by atoms with E-state index in [4.69, 9.17) is 14.5 Å². The Kier molecular flexibility index (Phi) is 6.93. The van der Waals surface area contributed by atoms with Gasteiger partial charge in [0.05, 0.1) is 18.5 Å². The lowest BCUT2D eigenvalue weighted by molar-refractivity contribution is -0.142. The largest absolute Gasteiger partial charge is 0.497 e. The van der Waals surface area contributed by atoms with Gasteiger partial charge < -0.3 is 24.3 Å². The van der Waals surface area contributed by atoms with Crippen LogP contribution >= 0.6 is 0 Å². The number of rotatable bonds is 6. The molecule has 0 radical (unpaired) electrons. The average Bonchev–Trinajstić information content (AvgIpc) is 3.67. The van der Waals surface area contributed by atoms with Crippen LogP contribution in [0.2, 0.25) is 0 Å². The SMILES string of the molecule is COc1ccnc(-c2ccnc(Cc3ccc4[nH]c(C(=O)N5CCN(C(=O)[C@@H]6CCCO6)CC5)cc4c3)n2)c1. The summed E-state index contributed by atoms with van der Waals surface area (Å²) in [5.74, 6) is 1.39. The summed E-state index contributed by atoms with van der Waals surface area (Å²) >= 11 is 0. The summed E-state index contributed by atoms with van der Waals surface area (Å²) < 4.78 is 10.8. The van der Waals surface area contributed by atoms with Gasteiger partial charge in [-0.25, -0.2) is 9.97 Å². The van der Waals surface area contributed by atoms with Crippen LogP contribution in [0.5, 0.6) is 5.75 Å². The fourth-order valence-corrected chi connectivity index (χ4v) is 5.17. The van der Waals surface area contributed by atoms with E-state index in [0.29, 0.717) is 50.7 Å². The van der Waals surface area contributed by atoms with Gasteiger partial charge in [0.2, 0.25) is 0 Å². The van der Waals surface area contributed by atoms with E-state index in [9.17, 15) is 9.59 Å². The van der Waals surface area contributed by atoms with Gasteiger partial charge in [0.1, 0.15) is 23.4 Å². The number of aromatic amines is 1. The standard InChI is InChI=1S/C29H30N6O4/c1-38-21-6-8-30-24(18-21)23-7-9-31-27(33-23)16-19-4-5-22-20(15-19)17-25(32-22)28(36)34-10-12-35(13-11-34)29(37)26-3-2-14-39-26/h4-9,15,17-18,26,32H,2-3,10-14,16H2,1H3/t26-/m0/s1. The minimum atomic E-state index is -0.318. The maximum Gasteiger partial charge on any atom is 0.270 e. The molecule has 0 unspecified atom stereocenters. The molecule has 1 aromatic carbocycles. The number of H-pyrrole nitrogens is 1. The number of amides is 2. The quantitative estimate of drug-likeness (QED) is 0.411. The molecule has 10 heteroatoms. The molecule has 0 spiro atoms. The second-order valence-corrected chi connectivity index (χ2v) is 9.84. The minimum absolute atomic E-state index is 0.0482. The highest BCUT2D eigenvalue weighted by Gasteiger charge is 2.31.